The highest BCUT2D eigenvalue weighted by atomic mass is 35.5. The SMILES string of the molecule is Clc1cccc(Cl)c1NC1C=CCCC1. The minimum atomic E-state index is 0.358. The molecular weight excluding hydrogens is 229 g/mol. The molecule has 80 valence electrons. The lowest BCUT2D eigenvalue weighted by atomic mass is 10.0. The molecule has 0 aromatic heterocycles. The Balaban J connectivity index is 2.16. The van der Waals surface area contributed by atoms with Crippen molar-refractivity contribution < 1.29 is 0 Å². The molecule has 0 saturated heterocycles. The van der Waals surface area contributed by atoms with Crippen molar-refractivity contribution in [3.63, 3.8) is 0 Å². The van der Waals surface area contributed by atoms with Crippen LogP contribution in [0.1, 0.15) is 19.3 Å². The zero-order valence-electron chi connectivity index (χ0n) is 8.34. The average molecular weight is 242 g/mol. The number of para-hydroxylation sites is 1. The second-order valence-electron chi connectivity index (χ2n) is 3.71. The van der Waals surface area contributed by atoms with Crippen LogP contribution >= 0.6 is 23.2 Å². The van der Waals surface area contributed by atoms with Gasteiger partial charge < -0.3 is 5.32 Å². The molecule has 0 amide bonds. The minimum Gasteiger partial charge on any atom is -0.376 e. The van der Waals surface area contributed by atoms with Crippen LogP contribution in [-0.4, -0.2) is 6.04 Å². The van der Waals surface area contributed by atoms with Crippen LogP contribution in [0.2, 0.25) is 10.0 Å². The van der Waals surface area contributed by atoms with E-state index >= 15 is 0 Å². The molecule has 0 heterocycles. The number of hydrogen-bond donors (Lipinski definition) is 1. The van der Waals surface area contributed by atoms with E-state index in [0.717, 1.165) is 12.1 Å². The monoisotopic (exact) mass is 241 g/mol. The molecule has 1 nitrogen and oxygen atoms in total. The third kappa shape index (κ3) is 2.67. The molecule has 1 atom stereocenters. The number of allylic oxidation sites excluding steroid dienone is 1. The highest BCUT2D eigenvalue weighted by Crippen LogP contribution is 2.31. The Morgan fingerprint density at radius 3 is 2.53 bits per heavy atom. The van der Waals surface area contributed by atoms with Gasteiger partial charge in [-0.05, 0) is 31.4 Å². The Bertz CT molecular complexity index is 354. The summed E-state index contributed by atoms with van der Waals surface area (Å²) in [5.74, 6) is 0. The Kier molecular flexibility index (Phi) is 3.55. The van der Waals surface area contributed by atoms with Crippen LogP contribution < -0.4 is 5.32 Å². The van der Waals surface area contributed by atoms with Crippen molar-refractivity contribution in [2.45, 2.75) is 25.3 Å². The van der Waals surface area contributed by atoms with Crippen LogP contribution in [0.25, 0.3) is 0 Å². The lowest BCUT2D eigenvalue weighted by molar-refractivity contribution is 0.674. The van der Waals surface area contributed by atoms with E-state index in [4.69, 9.17) is 23.2 Å². The highest BCUT2D eigenvalue weighted by Gasteiger charge is 2.11. The van der Waals surface area contributed by atoms with Gasteiger partial charge in [0.1, 0.15) is 0 Å². The smallest absolute Gasteiger partial charge is 0.0723 e. The van der Waals surface area contributed by atoms with Crippen LogP contribution in [-0.2, 0) is 0 Å². The standard InChI is InChI=1S/C12H13Cl2N/c13-10-7-4-8-11(14)12(10)15-9-5-2-1-3-6-9/h2,4-5,7-9,15H,1,3,6H2. The Labute approximate surface area is 100 Å². The summed E-state index contributed by atoms with van der Waals surface area (Å²) in [5, 5.41) is 4.73. The molecule has 1 aromatic rings. The van der Waals surface area contributed by atoms with Gasteiger partial charge in [-0.3, -0.25) is 0 Å². The molecule has 0 fully saturated rings. The van der Waals surface area contributed by atoms with E-state index in [0.29, 0.717) is 16.1 Å². The Morgan fingerprint density at radius 1 is 1.20 bits per heavy atom. The van der Waals surface area contributed by atoms with Crippen LogP contribution in [0.5, 0.6) is 0 Å². The number of hydrogen-bond acceptors (Lipinski definition) is 1. The van der Waals surface area contributed by atoms with Crippen LogP contribution in [0.3, 0.4) is 0 Å². The van der Waals surface area contributed by atoms with E-state index in [1.54, 1.807) is 0 Å². The maximum Gasteiger partial charge on any atom is 0.0723 e. The lowest BCUT2D eigenvalue weighted by Crippen LogP contribution is -2.18. The molecule has 0 spiro atoms. The fraction of sp³-hybridized carbons (Fsp3) is 0.333. The maximum atomic E-state index is 6.08. The van der Waals surface area contributed by atoms with Gasteiger partial charge in [0.15, 0.2) is 0 Å². The molecule has 0 radical (unpaired) electrons. The number of halogens is 2. The van der Waals surface area contributed by atoms with Gasteiger partial charge in [-0.15, -0.1) is 0 Å². The fourth-order valence-corrected chi connectivity index (χ4v) is 2.26. The zero-order valence-corrected chi connectivity index (χ0v) is 9.85. The molecule has 0 saturated carbocycles. The van der Waals surface area contributed by atoms with E-state index in [-0.39, 0.29) is 0 Å². The van der Waals surface area contributed by atoms with Crippen LogP contribution in [0.15, 0.2) is 30.4 Å². The molecule has 1 N–H and O–H groups in total. The summed E-state index contributed by atoms with van der Waals surface area (Å²) in [6.45, 7) is 0. The maximum absolute atomic E-state index is 6.08. The van der Waals surface area contributed by atoms with Crippen molar-refractivity contribution in [1.82, 2.24) is 0 Å². The first kappa shape index (κ1) is 10.8. The average Bonchev–Trinajstić information content (AvgIpc) is 2.25. The molecule has 0 bridgehead atoms. The summed E-state index contributed by atoms with van der Waals surface area (Å²) < 4.78 is 0. The normalized spacial score (nSPS) is 20.3. The third-order valence-electron chi connectivity index (χ3n) is 2.55. The summed E-state index contributed by atoms with van der Waals surface area (Å²) in [6, 6.07) is 5.91. The van der Waals surface area contributed by atoms with E-state index < -0.39 is 0 Å². The largest absolute Gasteiger partial charge is 0.376 e. The molecule has 1 aliphatic carbocycles. The molecule has 3 heteroatoms. The van der Waals surface area contributed by atoms with Gasteiger partial charge in [0.05, 0.1) is 15.7 Å². The predicted molar refractivity (Wildman–Crippen MR) is 66.9 cm³/mol. The predicted octanol–water partition coefficient (Wildman–Crippen LogP) is 4.51. The topological polar surface area (TPSA) is 12.0 Å². The Hall–Kier alpha value is -0.660. The van der Waals surface area contributed by atoms with Gasteiger partial charge in [-0.2, -0.15) is 0 Å². The summed E-state index contributed by atoms with van der Waals surface area (Å²) in [7, 11) is 0. The quantitative estimate of drug-likeness (QED) is 0.752. The highest BCUT2D eigenvalue weighted by molar-refractivity contribution is 6.39. The first-order chi connectivity index (χ1) is 7.27. The molecule has 1 unspecified atom stereocenters. The second kappa shape index (κ2) is 4.91. The van der Waals surface area contributed by atoms with E-state index in [1.807, 2.05) is 18.2 Å². The summed E-state index contributed by atoms with van der Waals surface area (Å²) in [6.07, 6.45) is 7.91. The fourth-order valence-electron chi connectivity index (χ4n) is 1.75. The van der Waals surface area contributed by atoms with Crippen molar-refractivity contribution in [2.24, 2.45) is 0 Å². The number of nitrogens with one attached hydrogen (secondary N) is 1. The van der Waals surface area contributed by atoms with Gasteiger partial charge in [0, 0.05) is 6.04 Å². The van der Waals surface area contributed by atoms with Crippen molar-refractivity contribution in [3.8, 4) is 0 Å². The first-order valence-corrected chi connectivity index (χ1v) is 5.90. The van der Waals surface area contributed by atoms with Gasteiger partial charge >= 0.3 is 0 Å². The van der Waals surface area contributed by atoms with Gasteiger partial charge in [-0.25, -0.2) is 0 Å². The van der Waals surface area contributed by atoms with Crippen molar-refractivity contribution >= 4 is 28.9 Å². The second-order valence-corrected chi connectivity index (χ2v) is 4.52. The van der Waals surface area contributed by atoms with Gasteiger partial charge in [0.25, 0.3) is 0 Å². The molecule has 1 aromatic carbocycles. The summed E-state index contributed by atoms with van der Waals surface area (Å²) in [5.41, 5.74) is 0.845. The molecular formula is C12H13Cl2N. The third-order valence-corrected chi connectivity index (χ3v) is 3.18. The number of rotatable bonds is 2. The van der Waals surface area contributed by atoms with E-state index in [2.05, 4.69) is 17.5 Å². The minimum absolute atomic E-state index is 0.358. The summed E-state index contributed by atoms with van der Waals surface area (Å²) >= 11 is 12.2. The molecule has 1 aliphatic rings. The Morgan fingerprint density at radius 2 is 1.93 bits per heavy atom. The molecule has 15 heavy (non-hydrogen) atoms. The van der Waals surface area contributed by atoms with Crippen molar-refractivity contribution in [2.75, 3.05) is 5.32 Å². The van der Waals surface area contributed by atoms with Crippen molar-refractivity contribution in [3.05, 3.63) is 40.4 Å². The summed E-state index contributed by atoms with van der Waals surface area (Å²) in [4.78, 5) is 0. The molecule has 2 rings (SSSR count). The van der Waals surface area contributed by atoms with Crippen molar-refractivity contribution in [1.29, 1.82) is 0 Å². The zero-order chi connectivity index (χ0) is 10.7. The van der Waals surface area contributed by atoms with E-state index in [1.165, 1.54) is 12.8 Å². The van der Waals surface area contributed by atoms with Gasteiger partial charge in [0.2, 0.25) is 0 Å². The van der Waals surface area contributed by atoms with Gasteiger partial charge in [-0.1, -0.05) is 41.4 Å². The number of anilines is 1. The van der Waals surface area contributed by atoms with Crippen LogP contribution in [0.4, 0.5) is 5.69 Å². The number of benzene rings is 1. The van der Waals surface area contributed by atoms with Crippen LogP contribution in [0, 0.1) is 0 Å². The first-order valence-electron chi connectivity index (χ1n) is 5.14. The lowest BCUT2D eigenvalue weighted by Gasteiger charge is -2.20. The van der Waals surface area contributed by atoms with E-state index in [9.17, 15) is 0 Å². The molecule has 0 aliphatic heterocycles.